The van der Waals surface area contributed by atoms with E-state index in [0.29, 0.717) is 6.04 Å². The second kappa shape index (κ2) is 9.90. The van der Waals surface area contributed by atoms with Crippen LogP contribution in [0.5, 0.6) is 0 Å². The standard InChI is InChI=1S/C15H34N2/c1-7-8-9-10-17(6)15(14(4)5)12-16-11-13(2)3/h13-16H,7-12H2,1-6H3. The van der Waals surface area contributed by atoms with Gasteiger partial charge in [-0.25, -0.2) is 0 Å². The van der Waals surface area contributed by atoms with Crippen molar-refractivity contribution in [2.45, 2.75) is 59.9 Å². The van der Waals surface area contributed by atoms with Crippen molar-refractivity contribution in [2.75, 3.05) is 26.7 Å². The van der Waals surface area contributed by atoms with Crippen LogP contribution in [0.4, 0.5) is 0 Å². The lowest BCUT2D eigenvalue weighted by Gasteiger charge is -2.31. The topological polar surface area (TPSA) is 15.3 Å². The molecule has 1 N–H and O–H groups in total. The van der Waals surface area contributed by atoms with Gasteiger partial charge in [-0.3, -0.25) is 0 Å². The maximum Gasteiger partial charge on any atom is 0.0240 e. The molecule has 0 aliphatic heterocycles. The fourth-order valence-corrected chi connectivity index (χ4v) is 2.20. The molecule has 1 unspecified atom stereocenters. The third-order valence-electron chi connectivity index (χ3n) is 3.36. The molecule has 0 bridgehead atoms. The predicted octanol–water partition coefficient (Wildman–Crippen LogP) is 3.38. The van der Waals surface area contributed by atoms with E-state index in [1.54, 1.807) is 0 Å². The van der Waals surface area contributed by atoms with E-state index in [1.165, 1.54) is 25.8 Å². The summed E-state index contributed by atoms with van der Waals surface area (Å²) in [6.07, 6.45) is 4.00. The highest BCUT2D eigenvalue weighted by atomic mass is 15.1. The van der Waals surface area contributed by atoms with E-state index in [1.807, 2.05) is 0 Å². The van der Waals surface area contributed by atoms with Crippen LogP contribution in [0, 0.1) is 11.8 Å². The molecule has 0 spiro atoms. The first kappa shape index (κ1) is 16.9. The summed E-state index contributed by atoms with van der Waals surface area (Å²) in [5, 5.41) is 3.60. The second-order valence-corrected chi connectivity index (χ2v) is 6.05. The van der Waals surface area contributed by atoms with E-state index in [9.17, 15) is 0 Å². The SMILES string of the molecule is CCCCCN(C)C(CNCC(C)C)C(C)C. The zero-order valence-corrected chi connectivity index (χ0v) is 12.9. The van der Waals surface area contributed by atoms with Crippen molar-refractivity contribution in [1.29, 1.82) is 0 Å². The van der Waals surface area contributed by atoms with Crippen molar-refractivity contribution in [1.82, 2.24) is 10.2 Å². The number of unbranched alkanes of at least 4 members (excludes halogenated alkanes) is 2. The minimum atomic E-state index is 0.672. The first-order valence-electron chi connectivity index (χ1n) is 7.40. The van der Waals surface area contributed by atoms with Crippen LogP contribution < -0.4 is 5.32 Å². The molecule has 0 aliphatic carbocycles. The largest absolute Gasteiger partial charge is 0.315 e. The molecule has 0 saturated heterocycles. The molecule has 2 nitrogen and oxygen atoms in total. The Morgan fingerprint density at radius 2 is 1.65 bits per heavy atom. The number of nitrogens with one attached hydrogen (secondary N) is 1. The van der Waals surface area contributed by atoms with Crippen molar-refractivity contribution in [3.05, 3.63) is 0 Å². The Hall–Kier alpha value is -0.0800. The van der Waals surface area contributed by atoms with Crippen LogP contribution in [0.25, 0.3) is 0 Å². The Morgan fingerprint density at radius 3 is 2.12 bits per heavy atom. The smallest absolute Gasteiger partial charge is 0.0240 e. The van der Waals surface area contributed by atoms with E-state index in [2.05, 4.69) is 51.9 Å². The average molecular weight is 242 g/mol. The molecule has 0 aliphatic rings. The molecule has 0 amide bonds. The average Bonchev–Trinajstić information content (AvgIpc) is 2.23. The van der Waals surface area contributed by atoms with E-state index in [-0.39, 0.29) is 0 Å². The highest BCUT2D eigenvalue weighted by molar-refractivity contribution is 4.75. The van der Waals surface area contributed by atoms with Gasteiger partial charge < -0.3 is 10.2 Å². The molecule has 2 heteroatoms. The van der Waals surface area contributed by atoms with Gasteiger partial charge in [-0.15, -0.1) is 0 Å². The Labute approximate surface area is 109 Å². The molecular formula is C15H34N2. The van der Waals surface area contributed by atoms with Gasteiger partial charge in [0.15, 0.2) is 0 Å². The van der Waals surface area contributed by atoms with Gasteiger partial charge in [0.05, 0.1) is 0 Å². The molecule has 0 aromatic heterocycles. The van der Waals surface area contributed by atoms with Crippen LogP contribution >= 0.6 is 0 Å². The number of rotatable bonds is 10. The van der Waals surface area contributed by atoms with Crippen molar-refractivity contribution in [2.24, 2.45) is 11.8 Å². The molecule has 0 fully saturated rings. The summed E-state index contributed by atoms with van der Waals surface area (Å²) in [6.45, 7) is 15.0. The molecule has 0 radical (unpaired) electrons. The summed E-state index contributed by atoms with van der Waals surface area (Å²) in [7, 11) is 2.28. The van der Waals surface area contributed by atoms with Gasteiger partial charge in [-0.1, -0.05) is 47.5 Å². The first-order chi connectivity index (χ1) is 7.99. The lowest BCUT2D eigenvalue weighted by molar-refractivity contribution is 0.183. The van der Waals surface area contributed by atoms with Crippen molar-refractivity contribution >= 4 is 0 Å². The van der Waals surface area contributed by atoms with Crippen molar-refractivity contribution < 1.29 is 0 Å². The summed E-state index contributed by atoms with van der Waals surface area (Å²) >= 11 is 0. The van der Waals surface area contributed by atoms with Gasteiger partial charge in [0.2, 0.25) is 0 Å². The fraction of sp³-hybridized carbons (Fsp3) is 1.00. The third-order valence-corrected chi connectivity index (χ3v) is 3.36. The minimum absolute atomic E-state index is 0.672. The maximum atomic E-state index is 3.60. The quantitative estimate of drug-likeness (QED) is 0.591. The highest BCUT2D eigenvalue weighted by Gasteiger charge is 2.17. The van der Waals surface area contributed by atoms with E-state index < -0.39 is 0 Å². The van der Waals surface area contributed by atoms with Gasteiger partial charge in [0, 0.05) is 12.6 Å². The first-order valence-corrected chi connectivity index (χ1v) is 7.40. The van der Waals surface area contributed by atoms with E-state index in [0.717, 1.165) is 24.9 Å². The third kappa shape index (κ3) is 8.62. The van der Waals surface area contributed by atoms with Crippen LogP contribution in [-0.2, 0) is 0 Å². The molecule has 0 heterocycles. The molecule has 0 saturated carbocycles. The van der Waals surface area contributed by atoms with Gasteiger partial charge in [-0.2, -0.15) is 0 Å². The van der Waals surface area contributed by atoms with Crippen molar-refractivity contribution in [3.8, 4) is 0 Å². The van der Waals surface area contributed by atoms with Gasteiger partial charge in [0.1, 0.15) is 0 Å². The Balaban J connectivity index is 3.94. The molecule has 17 heavy (non-hydrogen) atoms. The predicted molar refractivity (Wildman–Crippen MR) is 78.5 cm³/mol. The second-order valence-electron chi connectivity index (χ2n) is 6.05. The Bertz CT molecular complexity index is 166. The molecule has 0 aromatic rings. The summed E-state index contributed by atoms with van der Waals surface area (Å²) < 4.78 is 0. The Kier molecular flexibility index (Phi) is 9.85. The van der Waals surface area contributed by atoms with E-state index in [4.69, 9.17) is 0 Å². The summed E-state index contributed by atoms with van der Waals surface area (Å²) in [6, 6.07) is 0.672. The monoisotopic (exact) mass is 242 g/mol. The molecular weight excluding hydrogens is 208 g/mol. The molecule has 0 rings (SSSR count). The van der Waals surface area contributed by atoms with Gasteiger partial charge >= 0.3 is 0 Å². The lowest BCUT2D eigenvalue weighted by Crippen LogP contribution is -2.44. The van der Waals surface area contributed by atoms with E-state index >= 15 is 0 Å². The normalized spacial score (nSPS) is 13.9. The Morgan fingerprint density at radius 1 is 1.00 bits per heavy atom. The number of nitrogens with zero attached hydrogens (tertiary/aromatic N) is 1. The number of hydrogen-bond acceptors (Lipinski definition) is 2. The van der Waals surface area contributed by atoms with Crippen LogP contribution in [0.15, 0.2) is 0 Å². The number of likely N-dealkylation sites (N-methyl/N-ethyl adjacent to an activating group) is 1. The van der Waals surface area contributed by atoms with Crippen LogP contribution in [0.3, 0.4) is 0 Å². The van der Waals surface area contributed by atoms with Crippen molar-refractivity contribution in [3.63, 3.8) is 0 Å². The van der Waals surface area contributed by atoms with Gasteiger partial charge in [-0.05, 0) is 38.4 Å². The molecule has 104 valence electrons. The highest BCUT2D eigenvalue weighted by Crippen LogP contribution is 2.10. The number of hydrogen-bond donors (Lipinski definition) is 1. The lowest BCUT2D eigenvalue weighted by atomic mass is 10.0. The summed E-state index contributed by atoms with van der Waals surface area (Å²) in [5.74, 6) is 1.47. The zero-order valence-electron chi connectivity index (χ0n) is 12.9. The minimum Gasteiger partial charge on any atom is -0.315 e. The van der Waals surface area contributed by atoms with Crippen LogP contribution in [-0.4, -0.2) is 37.6 Å². The zero-order chi connectivity index (χ0) is 13.3. The summed E-state index contributed by atoms with van der Waals surface area (Å²) in [4.78, 5) is 2.54. The van der Waals surface area contributed by atoms with Crippen LogP contribution in [0.1, 0.15) is 53.9 Å². The fourth-order valence-electron chi connectivity index (χ4n) is 2.20. The van der Waals surface area contributed by atoms with Crippen LogP contribution in [0.2, 0.25) is 0 Å². The van der Waals surface area contributed by atoms with Gasteiger partial charge in [0.25, 0.3) is 0 Å². The summed E-state index contributed by atoms with van der Waals surface area (Å²) in [5.41, 5.74) is 0. The molecule has 1 atom stereocenters. The molecule has 0 aromatic carbocycles. The maximum absolute atomic E-state index is 3.60.